The predicted molar refractivity (Wildman–Crippen MR) is 108 cm³/mol. The fourth-order valence-electron chi connectivity index (χ4n) is 2.54. The molecular formula is C20H17F3N6O3. The van der Waals surface area contributed by atoms with Crippen LogP contribution >= 0.6 is 0 Å². The molecule has 0 aliphatic heterocycles. The van der Waals surface area contributed by atoms with E-state index in [2.05, 4.69) is 20.3 Å². The van der Waals surface area contributed by atoms with Gasteiger partial charge in [0, 0.05) is 17.8 Å². The van der Waals surface area contributed by atoms with Crippen molar-refractivity contribution < 1.29 is 27.5 Å². The molecule has 3 aromatic rings. The van der Waals surface area contributed by atoms with Gasteiger partial charge in [-0.3, -0.25) is 9.59 Å². The van der Waals surface area contributed by atoms with Crippen molar-refractivity contribution in [3.8, 4) is 23.0 Å². The van der Waals surface area contributed by atoms with Crippen molar-refractivity contribution in [3.05, 3.63) is 59.9 Å². The molecule has 0 spiro atoms. The van der Waals surface area contributed by atoms with Crippen molar-refractivity contribution in [1.82, 2.24) is 15.0 Å². The normalized spacial score (nSPS) is 12.1. The van der Waals surface area contributed by atoms with E-state index in [1.165, 1.54) is 43.5 Å². The van der Waals surface area contributed by atoms with Crippen LogP contribution in [0.4, 0.5) is 19.0 Å². The van der Waals surface area contributed by atoms with Crippen LogP contribution in [0.15, 0.2) is 48.7 Å². The molecular weight excluding hydrogens is 429 g/mol. The highest BCUT2D eigenvalue weighted by molar-refractivity contribution is 5.92. The van der Waals surface area contributed by atoms with E-state index in [0.717, 1.165) is 12.1 Å². The Balaban J connectivity index is 1.90. The highest BCUT2D eigenvalue weighted by atomic mass is 19.4. The predicted octanol–water partition coefficient (Wildman–Crippen LogP) is 2.73. The van der Waals surface area contributed by atoms with Crippen molar-refractivity contribution in [2.75, 3.05) is 5.32 Å². The summed E-state index contributed by atoms with van der Waals surface area (Å²) in [6, 6.07) is 8.25. The fourth-order valence-corrected chi connectivity index (χ4v) is 2.54. The molecule has 0 aliphatic carbocycles. The van der Waals surface area contributed by atoms with Crippen LogP contribution in [0.2, 0.25) is 0 Å². The Morgan fingerprint density at radius 3 is 2.38 bits per heavy atom. The molecule has 5 N–H and O–H groups in total. The van der Waals surface area contributed by atoms with Crippen LogP contribution < -0.4 is 21.5 Å². The third-order valence-electron chi connectivity index (χ3n) is 4.17. The van der Waals surface area contributed by atoms with Gasteiger partial charge in [0.2, 0.25) is 11.8 Å². The maximum atomic E-state index is 13.1. The second kappa shape index (κ2) is 8.88. The molecule has 0 bridgehead atoms. The molecule has 2 amide bonds. The van der Waals surface area contributed by atoms with E-state index < -0.39 is 35.5 Å². The minimum Gasteiger partial charge on any atom is -0.438 e. The number of pyridine rings is 1. The summed E-state index contributed by atoms with van der Waals surface area (Å²) in [6.07, 6.45) is -3.44. The lowest BCUT2D eigenvalue weighted by Crippen LogP contribution is -2.33. The lowest BCUT2D eigenvalue weighted by Gasteiger charge is -2.13. The number of carbonyl (C=O) groups is 2. The van der Waals surface area contributed by atoms with Crippen LogP contribution in [0.1, 0.15) is 23.0 Å². The molecule has 1 unspecified atom stereocenters. The molecule has 3 rings (SSSR count). The maximum Gasteiger partial charge on any atom is 0.421 e. The molecule has 0 fully saturated rings. The first-order valence-electron chi connectivity index (χ1n) is 9.10. The number of carbonyl (C=O) groups excluding carboxylic acids is 2. The van der Waals surface area contributed by atoms with Crippen LogP contribution in [-0.2, 0) is 11.0 Å². The Hall–Kier alpha value is -4.22. The number of nitrogens with one attached hydrogen (secondary N) is 1. The fraction of sp³-hybridized carbons (Fsp3) is 0.150. The first-order chi connectivity index (χ1) is 15.0. The zero-order valence-corrected chi connectivity index (χ0v) is 16.6. The number of halogens is 3. The number of anilines is 1. The number of alkyl halides is 3. The summed E-state index contributed by atoms with van der Waals surface area (Å²) in [5.41, 5.74) is 9.82. The zero-order valence-electron chi connectivity index (χ0n) is 16.6. The third kappa shape index (κ3) is 5.28. The maximum absolute atomic E-state index is 13.1. The molecule has 9 nitrogen and oxygen atoms in total. The lowest BCUT2D eigenvalue weighted by molar-refractivity contribution is -0.138. The summed E-state index contributed by atoms with van der Waals surface area (Å²) in [7, 11) is 0. The topological polar surface area (TPSA) is 146 Å². The van der Waals surface area contributed by atoms with Crippen LogP contribution in [0, 0.1) is 0 Å². The summed E-state index contributed by atoms with van der Waals surface area (Å²) in [6.45, 7) is 1.51. The first-order valence-corrected chi connectivity index (χ1v) is 9.10. The van der Waals surface area contributed by atoms with Crippen molar-refractivity contribution >= 4 is 17.6 Å². The molecule has 166 valence electrons. The van der Waals surface area contributed by atoms with E-state index in [-0.39, 0.29) is 23.1 Å². The van der Waals surface area contributed by atoms with E-state index in [1.54, 1.807) is 0 Å². The molecule has 2 heterocycles. The molecule has 12 heteroatoms. The summed E-state index contributed by atoms with van der Waals surface area (Å²) in [4.78, 5) is 34.8. The number of benzene rings is 1. The van der Waals surface area contributed by atoms with E-state index in [0.29, 0.717) is 5.56 Å². The standard InChI is InChI=1S/C20H17F3N6O3/c1-10(16(24)30)27-15-9-14(17(25)31)28-18(29-15)11-4-6-12(7-5-11)32-19-13(20(21,22)23)3-2-8-26-19/h2-10H,1H3,(H2,24,30)(H2,25,31)(H,27,28,29). The summed E-state index contributed by atoms with van der Waals surface area (Å²) in [5, 5.41) is 2.74. The highest BCUT2D eigenvalue weighted by Crippen LogP contribution is 2.36. The van der Waals surface area contributed by atoms with Gasteiger partial charge in [0.15, 0.2) is 5.82 Å². The Labute approximate surface area is 179 Å². The number of amides is 2. The van der Waals surface area contributed by atoms with Gasteiger partial charge in [-0.25, -0.2) is 15.0 Å². The molecule has 0 saturated carbocycles. The zero-order chi connectivity index (χ0) is 23.5. The average molecular weight is 446 g/mol. The van der Waals surface area contributed by atoms with Crippen LogP contribution in [-0.4, -0.2) is 32.8 Å². The van der Waals surface area contributed by atoms with Crippen LogP contribution in [0.25, 0.3) is 11.4 Å². The van der Waals surface area contributed by atoms with E-state index in [1.807, 2.05) is 0 Å². The van der Waals surface area contributed by atoms with Crippen LogP contribution in [0.3, 0.4) is 0 Å². The molecule has 32 heavy (non-hydrogen) atoms. The van der Waals surface area contributed by atoms with Crippen molar-refractivity contribution in [1.29, 1.82) is 0 Å². The Morgan fingerprint density at radius 1 is 1.09 bits per heavy atom. The van der Waals surface area contributed by atoms with Gasteiger partial charge < -0.3 is 21.5 Å². The smallest absolute Gasteiger partial charge is 0.421 e. The van der Waals surface area contributed by atoms with Gasteiger partial charge in [-0.05, 0) is 43.3 Å². The number of ether oxygens (including phenoxy) is 1. The van der Waals surface area contributed by atoms with Crippen LogP contribution in [0.5, 0.6) is 11.6 Å². The molecule has 1 aromatic carbocycles. The van der Waals surface area contributed by atoms with Gasteiger partial charge in [0.05, 0.1) is 0 Å². The molecule has 2 aromatic heterocycles. The van der Waals surface area contributed by atoms with E-state index in [9.17, 15) is 22.8 Å². The number of rotatable bonds is 7. The van der Waals surface area contributed by atoms with Gasteiger partial charge in [-0.15, -0.1) is 0 Å². The minimum atomic E-state index is -4.63. The van der Waals surface area contributed by atoms with Gasteiger partial charge in [0.1, 0.15) is 28.9 Å². The number of primary amides is 2. The van der Waals surface area contributed by atoms with Crippen molar-refractivity contribution in [3.63, 3.8) is 0 Å². The number of nitrogens with zero attached hydrogens (tertiary/aromatic N) is 3. The average Bonchev–Trinajstić information content (AvgIpc) is 2.73. The Morgan fingerprint density at radius 2 is 1.78 bits per heavy atom. The van der Waals surface area contributed by atoms with Crippen molar-refractivity contribution in [2.45, 2.75) is 19.1 Å². The van der Waals surface area contributed by atoms with E-state index in [4.69, 9.17) is 16.2 Å². The van der Waals surface area contributed by atoms with Gasteiger partial charge >= 0.3 is 6.18 Å². The minimum absolute atomic E-state index is 0.0841. The summed E-state index contributed by atoms with van der Waals surface area (Å²) in [5.74, 6) is -1.74. The van der Waals surface area contributed by atoms with E-state index >= 15 is 0 Å². The molecule has 1 atom stereocenters. The largest absolute Gasteiger partial charge is 0.438 e. The SMILES string of the molecule is CC(Nc1cc(C(N)=O)nc(-c2ccc(Oc3ncccc3C(F)(F)F)cc2)n1)C(N)=O. The second-order valence-corrected chi connectivity index (χ2v) is 6.57. The molecule has 0 radical (unpaired) electrons. The number of nitrogens with two attached hydrogens (primary N) is 2. The number of hydrogen-bond acceptors (Lipinski definition) is 7. The van der Waals surface area contributed by atoms with Gasteiger partial charge in [-0.1, -0.05) is 0 Å². The third-order valence-corrected chi connectivity index (χ3v) is 4.17. The molecule has 0 saturated heterocycles. The van der Waals surface area contributed by atoms with Gasteiger partial charge in [-0.2, -0.15) is 13.2 Å². The lowest BCUT2D eigenvalue weighted by atomic mass is 10.2. The number of aromatic nitrogens is 3. The quantitative estimate of drug-likeness (QED) is 0.506. The monoisotopic (exact) mass is 446 g/mol. The number of hydrogen-bond donors (Lipinski definition) is 3. The summed E-state index contributed by atoms with van der Waals surface area (Å²) >= 11 is 0. The Bertz CT molecular complexity index is 1150. The Kier molecular flexibility index (Phi) is 6.23. The molecule has 0 aliphatic rings. The van der Waals surface area contributed by atoms with Crippen molar-refractivity contribution in [2.24, 2.45) is 11.5 Å². The summed E-state index contributed by atoms with van der Waals surface area (Å²) < 4.78 is 44.6. The first kappa shape index (κ1) is 22.5. The second-order valence-electron chi connectivity index (χ2n) is 6.57. The highest BCUT2D eigenvalue weighted by Gasteiger charge is 2.35. The van der Waals surface area contributed by atoms with Gasteiger partial charge in [0.25, 0.3) is 5.91 Å².